The summed E-state index contributed by atoms with van der Waals surface area (Å²) in [7, 11) is 0. The van der Waals surface area contributed by atoms with Crippen LogP contribution in [0.4, 0.5) is 0 Å². The third-order valence-corrected chi connectivity index (χ3v) is 3.76. The van der Waals surface area contributed by atoms with Gasteiger partial charge in [0, 0.05) is 16.5 Å². The predicted molar refractivity (Wildman–Crippen MR) is 91.1 cm³/mol. The van der Waals surface area contributed by atoms with E-state index in [2.05, 4.69) is 65.9 Å². The lowest BCUT2D eigenvalue weighted by molar-refractivity contribution is 0.429. The van der Waals surface area contributed by atoms with Gasteiger partial charge in [-0.25, -0.2) is 0 Å². The molecule has 0 spiro atoms. The van der Waals surface area contributed by atoms with Gasteiger partial charge in [-0.2, -0.15) is 0 Å². The smallest absolute Gasteiger partial charge is 0.137 e. The van der Waals surface area contributed by atoms with Crippen molar-refractivity contribution < 1.29 is 4.42 Å². The van der Waals surface area contributed by atoms with Crippen molar-refractivity contribution in [3.8, 4) is 0 Å². The molecule has 0 aliphatic heterocycles. The van der Waals surface area contributed by atoms with Crippen LogP contribution in [0.2, 0.25) is 0 Å². The minimum Gasteiger partial charge on any atom is -0.464 e. The maximum absolute atomic E-state index is 5.92. The van der Waals surface area contributed by atoms with Crippen molar-refractivity contribution >= 4 is 11.0 Å². The first-order chi connectivity index (χ1) is 9.58. The van der Waals surface area contributed by atoms with Gasteiger partial charge < -0.3 is 9.73 Å². The van der Waals surface area contributed by atoms with Gasteiger partial charge in [0.25, 0.3) is 0 Å². The van der Waals surface area contributed by atoms with Crippen LogP contribution in [-0.4, -0.2) is 12.1 Å². The quantitative estimate of drug-likeness (QED) is 0.862. The van der Waals surface area contributed by atoms with Crippen molar-refractivity contribution in [1.82, 2.24) is 5.32 Å². The summed E-state index contributed by atoms with van der Waals surface area (Å²) in [5.74, 6) is 0. The molecule has 2 rings (SSSR count). The van der Waals surface area contributed by atoms with Crippen LogP contribution in [0, 0.1) is 6.92 Å². The first-order valence-corrected chi connectivity index (χ1v) is 7.84. The summed E-state index contributed by atoms with van der Waals surface area (Å²) >= 11 is 0. The molecule has 1 aromatic carbocycles. The predicted octanol–water partition coefficient (Wildman–Crippen LogP) is 4.97. The molecule has 1 N–H and O–H groups in total. The van der Waals surface area contributed by atoms with Crippen LogP contribution in [0.3, 0.4) is 0 Å². The first kappa shape index (κ1) is 16.1. The van der Waals surface area contributed by atoms with E-state index in [1.54, 1.807) is 0 Å². The maximum atomic E-state index is 5.92. The Morgan fingerprint density at radius 1 is 1.05 bits per heavy atom. The molecule has 0 saturated heterocycles. The molecular formula is C19H29NO. The zero-order valence-electron chi connectivity index (χ0n) is 14.6. The van der Waals surface area contributed by atoms with Crippen LogP contribution in [0.1, 0.15) is 58.2 Å². The second-order valence-corrected chi connectivity index (χ2v) is 8.13. The summed E-state index contributed by atoms with van der Waals surface area (Å²) in [6, 6.07) is 4.50. The monoisotopic (exact) mass is 287 g/mol. The zero-order valence-corrected chi connectivity index (χ0v) is 14.6. The highest BCUT2D eigenvalue weighted by molar-refractivity contribution is 5.85. The normalized spacial score (nSPS) is 13.1. The topological polar surface area (TPSA) is 25.2 Å². The maximum Gasteiger partial charge on any atom is 0.137 e. The zero-order chi connectivity index (χ0) is 15.8. The molecule has 1 aromatic heterocycles. The molecule has 2 heteroatoms. The molecular weight excluding hydrogens is 258 g/mol. The van der Waals surface area contributed by atoms with Crippen LogP contribution >= 0.6 is 0 Å². The lowest BCUT2D eigenvalue weighted by atomic mass is 9.84. The van der Waals surface area contributed by atoms with E-state index in [1.807, 2.05) is 6.26 Å². The molecule has 0 amide bonds. The molecule has 0 bridgehead atoms. The fourth-order valence-corrected chi connectivity index (χ4v) is 2.66. The van der Waals surface area contributed by atoms with E-state index < -0.39 is 0 Å². The van der Waals surface area contributed by atoms with Crippen LogP contribution in [0.25, 0.3) is 11.0 Å². The highest BCUT2D eigenvalue weighted by Crippen LogP contribution is 2.34. The number of aryl methyl sites for hydroxylation is 1. The number of nitrogens with one attached hydrogen (secondary N) is 1. The summed E-state index contributed by atoms with van der Waals surface area (Å²) in [6.45, 7) is 16.4. The lowest BCUT2D eigenvalue weighted by Gasteiger charge is -2.20. The van der Waals surface area contributed by atoms with Crippen molar-refractivity contribution in [3.05, 3.63) is 35.1 Å². The van der Waals surface area contributed by atoms with Gasteiger partial charge in [-0.05, 0) is 63.3 Å². The van der Waals surface area contributed by atoms with E-state index >= 15 is 0 Å². The highest BCUT2D eigenvalue weighted by Gasteiger charge is 2.21. The molecule has 21 heavy (non-hydrogen) atoms. The third kappa shape index (κ3) is 3.88. The first-order valence-electron chi connectivity index (χ1n) is 7.84. The Bertz CT molecular complexity index is 623. The van der Waals surface area contributed by atoms with Crippen molar-refractivity contribution in [2.24, 2.45) is 0 Å². The number of hydrogen-bond acceptors (Lipinski definition) is 2. The summed E-state index contributed by atoms with van der Waals surface area (Å²) in [5, 5.41) is 4.82. The number of hydrogen-bond donors (Lipinski definition) is 1. The van der Waals surface area contributed by atoms with E-state index in [0.29, 0.717) is 0 Å². The van der Waals surface area contributed by atoms with E-state index in [1.165, 1.54) is 22.1 Å². The summed E-state index contributed by atoms with van der Waals surface area (Å²) in [6.07, 6.45) is 2.93. The van der Waals surface area contributed by atoms with Gasteiger partial charge in [0.1, 0.15) is 5.58 Å². The van der Waals surface area contributed by atoms with Crippen LogP contribution in [0.5, 0.6) is 0 Å². The summed E-state index contributed by atoms with van der Waals surface area (Å²) < 4.78 is 5.92. The van der Waals surface area contributed by atoms with Gasteiger partial charge in [-0.1, -0.05) is 26.8 Å². The summed E-state index contributed by atoms with van der Waals surface area (Å²) in [4.78, 5) is 0. The van der Waals surface area contributed by atoms with Crippen molar-refractivity contribution in [2.75, 3.05) is 6.54 Å². The van der Waals surface area contributed by atoms with Crippen LogP contribution in [-0.2, 0) is 11.8 Å². The van der Waals surface area contributed by atoms with Crippen molar-refractivity contribution in [1.29, 1.82) is 0 Å². The number of fused-ring (bicyclic) bond motifs is 1. The Kier molecular flexibility index (Phi) is 4.21. The number of rotatable bonds is 3. The van der Waals surface area contributed by atoms with Gasteiger partial charge in [0.15, 0.2) is 0 Å². The molecule has 116 valence electrons. The minimum atomic E-state index is 0.100. The van der Waals surface area contributed by atoms with Crippen LogP contribution in [0.15, 0.2) is 22.8 Å². The number of furan rings is 1. The molecule has 1 heterocycles. The van der Waals surface area contributed by atoms with Gasteiger partial charge in [0.05, 0.1) is 6.26 Å². The Balaban J connectivity index is 2.33. The van der Waals surface area contributed by atoms with E-state index in [0.717, 1.165) is 18.5 Å². The lowest BCUT2D eigenvalue weighted by Crippen LogP contribution is -2.37. The van der Waals surface area contributed by atoms with Crippen molar-refractivity contribution in [3.63, 3.8) is 0 Å². The van der Waals surface area contributed by atoms with Gasteiger partial charge in [0.2, 0.25) is 0 Å². The third-order valence-electron chi connectivity index (χ3n) is 3.76. The Labute approximate surface area is 128 Å². The van der Waals surface area contributed by atoms with E-state index in [-0.39, 0.29) is 11.0 Å². The molecule has 0 saturated carbocycles. The van der Waals surface area contributed by atoms with E-state index in [4.69, 9.17) is 4.42 Å². The van der Waals surface area contributed by atoms with Crippen LogP contribution < -0.4 is 5.32 Å². The highest BCUT2D eigenvalue weighted by atomic mass is 16.3. The Morgan fingerprint density at radius 3 is 2.29 bits per heavy atom. The second kappa shape index (κ2) is 5.49. The Morgan fingerprint density at radius 2 is 1.71 bits per heavy atom. The average molecular weight is 287 g/mol. The fraction of sp³-hybridized carbons (Fsp3) is 0.579. The Hall–Kier alpha value is -1.28. The molecule has 2 aromatic rings. The largest absolute Gasteiger partial charge is 0.464 e. The SMILES string of the molecule is Cc1cc(C(C)(C)C)c2occ(CCNC(C)(C)C)c2c1. The van der Waals surface area contributed by atoms with Gasteiger partial charge in [-0.3, -0.25) is 0 Å². The average Bonchev–Trinajstić information content (AvgIpc) is 2.68. The molecule has 0 unspecified atom stereocenters. The summed E-state index contributed by atoms with van der Waals surface area (Å²) in [5.41, 5.74) is 5.22. The van der Waals surface area contributed by atoms with Crippen molar-refractivity contribution in [2.45, 2.75) is 65.8 Å². The molecule has 0 atom stereocenters. The standard InChI is InChI=1S/C19H29NO/c1-13-10-15-14(8-9-20-19(5,6)7)12-21-17(15)16(11-13)18(2,3)4/h10-12,20H,8-9H2,1-7H3. The second-order valence-electron chi connectivity index (χ2n) is 8.13. The molecule has 0 aliphatic rings. The van der Waals surface area contributed by atoms with Gasteiger partial charge in [-0.15, -0.1) is 0 Å². The van der Waals surface area contributed by atoms with Gasteiger partial charge >= 0.3 is 0 Å². The fourth-order valence-electron chi connectivity index (χ4n) is 2.66. The molecule has 2 nitrogen and oxygen atoms in total. The molecule has 0 fully saturated rings. The molecule has 0 radical (unpaired) electrons. The van der Waals surface area contributed by atoms with E-state index in [9.17, 15) is 0 Å². The molecule has 0 aliphatic carbocycles. The minimum absolute atomic E-state index is 0.100. The number of benzene rings is 1.